The molecule has 0 spiro atoms. The van der Waals surface area contributed by atoms with E-state index in [-0.39, 0.29) is 21.6 Å². The minimum atomic E-state index is -0.594. The second-order valence-corrected chi connectivity index (χ2v) is 4.70. The first kappa shape index (κ1) is 12.9. The standard InChI is InChI=1S/C8H4BrClINO3/c9-3-6(13)7-4(10)1-2-5(11)8(7)12(14)15/h1-2H,3H2. The molecule has 0 radical (unpaired) electrons. The Balaban J connectivity index is 3.52. The fourth-order valence-corrected chi connectivity index (χ4v) is 2.24. The molecule has 0 heterocycles. The van der Waals surface area contributed by atoms with Gasteiger partial charge in [-0.05, 0) is 34.7 Å². The molecule has 0 N–H and O–H groups in total. The monoisotopic (exact) mass is 403 g/mol. The maximum Gasteiger partial charge on any atom is 0.294 e. The molecule has 0 aliphatic carbocycles. The van der Waals surface area contributed by atoms with Crippen LogP contribution in [-0.4, -0.2) is 16.0 Å². The van der Waals surface area contributed by atoms with Crippen molar-refractivity contribution >= 4 is 61.6 Å². The molecular formula is C8H4BrClINO3. The van der Waals surface area contributed by atoms with E-state index < -0.39 is 10.7 Å². The lowest BCUT2D eigenvalue weighted by molar-refractivity contribution is -0.386. The highest BCUT2D eigenvalue weighted by atomic mass is 127. The number of hydrogen-bond acceptors (Lipinski definition) is 3. The van der Waals surface area contributed by atoms with Gasteiger partial charge in [0.1, 0.15) is 5.56 Å². The summed E-state index contributed by atoms with van der Waals surface area (Å²) < 4.78 is 0.395. The van der Waals surface area contributed by atoms with Gasteiger partial charge in [-0.2, -0.15) is 0 Å². The van der Waals surface area contributed by atoms with Crippen LogP contribution in [0.2, 0.25) is 5.02 Å². The molecule has 15 heavy (non-hydrogen) atoms. The molecule has 0 bridgehead atoms. The van der Waals surface area contributed by atoms with Crippen LogP contribution in [0, 0.1) is 13.7 Å². The van der Waals surface area contributed by atoms with E-state index in [2.05, 4.69) is 15.9 Å². The number of nitro benzene ring substituents is 1. The molecule has 7 heteroatoms. The molecule has 0 saturated heterocycles. The molecule has 1 aromatic rings. The molecule has 0 saturated carbocycles. The van der Waals surface area contributed by atoms with Gasteiger partial charge in [-0.3, -0.25) is 14.9 Å². The Morgan fingerprint density at radius 2 is 2.20 bits per heavy atom. The summed E-state index contributed by atoms with van der Waals surface area (Å²) in [5.74, 6) is -0.398. The van der Waals surface area contributed by atoms with E-state index in [9.17, 15) is 14.9 Å². The quantitative estimate of drug-likeness (QED) is 0.255. The number of halogens is 3. The van der Waals surface area contributed by atoms with Crippen LogP contribution >= 0.6 is 50.1 Å². The van der Waals surface area contributed by atoms with Crippen LogP contribution in [-0.2, 0) is 0 Å². The molecule has 0 fully saturated rings. The lowest BCUT2D eigenvalue weighted by Gasteiger charge is -2.04. The van der Waals surface area contributed by atoms with E-state index >= 15 is 0 Å². The van der Waals surface area contributed by atoms with Gasteiger partial charge in [0.25, 0.3) is 5.69 Å². The van der Waals surface area contributed by atoms with Crippen molar-refractivity contribution in [1.82, 2.24) is 0 Å². The molecule has 1 rings (SSSR count). The number of carbonyl (C=O) groups excluding carboxylic acids is 1. The number of rotatable bonds is 3. The highest BCUT2D eigenvalue weighted by Gasteiger charge is 2.25. The van der Waals surface area contributed by atoms with Crippen molar-refractivity contribution in [2.45, 2.75) is 0 Å². The highest BCUT2D eigenvalue weighted by Crippen LogP contribution is 2.31. The van der Waals surface area contributed by atoms with Crippen LogP contribution in [0.25, 0.3) is 0 Å². The van der Waals surface area contributed by atoms with Crippen molar-refractivity contribution in [2.75, 3.05) is 5.33 Å². The Labute approximate surface area is 112 Å². The third kappa shape index (κ3) is 2.67. The number of alkyl halides is 1. The maximum absolute atomic E-state index is 11.5. The molecule has 0 amide bonds. The van der Waals surface area contributed by atoms with Gasteiger partial charge >= 0.3 is 0 Å². The lowest BCUT2D eigenvalue weighted by Crippen LogP contribution is -2.07. The van der Waals surface area contributed by atoms with Gasteiger partial charge in [0.05, 0.1) is 18.8 Å². The smallest absolute Gasteiger partial charge is 0.293 e. The molecule has 1 aromatic carbocycles. The molecule has 4 nitrogen and oxygen atoms in total. The van der Waals surface area contributed by atoms with Crippen molar-refractivity contribution in [2.24, 2.45) is 0 Å². The number of ketones is 1. The minimum absolute atomic E-state index is 0.00759. The van der Waals surface area contributed by atoms with Crippen LogP contribution in [0.15, 0.2) is 12.1 Å². The van der Waals surface area contributed by atoms with Gasteiger partial charge in [-0.1, -0.05) is 27.5 Å². The predicted molar refractivity (Wildman–Crippen MR) is 68.9 cm³/mol. The molecule has 0 unspecified atom stereocenters. The van der Waals surface area contributed by atoms with Crippen molar-refractivity contribution in [3.8, 4) is 0 Å². The first-order chi connectivity index (χ1) is 6.99. The van der Waals surface area contributed by atoms with Crippen LogP contribution in [0.4, 0.5) is 5.69 Å². The summed E-state index contributed by atoms with van der Waals surface area (Å²) in [6, 6.07) is 2.98. The molecule has 0 aromatic heterocycles. The summed E-state index contributed by atoms with van der Waals surface area (Å²) >= 11 is 10.5. The first-order valence-electron chi connectivity index (χ1n) is 3.70. The number of Topliss-reactive ketones (excluding diaryl/α,β-unsaturated/α-hetero) is 1. The summed E-state index contributed by atoms with van der Waals surface area (Å²) in [6.07, 6.45) is 0. The summed E-state index contributed by atoms with van der Waals surface area (Å²) in [6.45, 7) is 0. The fraction of sp³-hybridized carbons (Fsp3) is 0.125. The zero-order chi connectivity index (χ0) is 11.6. The van der Waals surface area contributed by atoms with Crippen molar-refractivity contribution in [3.63, 3.8) is 0 Å². The number of nitro groups is 1. The largest absolute Gasteiger partial charge is 0.294 e. The summed E-state index contributed by atoms with van der Waals surface area (Å²) in [5, 5.41) is 10.9. The van der Waals surface area contributed by atoms with Crippen molar-refractivity contribution < 1.29 is 9.72 Å². The normalized spacial score (nSPS) is 10.1. The average Bonchev–Trinajstić information content (AvgIpc) is 2.19. The highest BCUT2D eigenvalue weighted by molar-refractivity contribution is 14.1. The van der Waals surface area contributed by atoms with Gasteiger partial charge in [-0.25, -0.2) is 0 Å². The predicted octanol–water partition coefficient (Wildman–Crippen LogP) is 3.43. The van der Waals surface area contributed by atoms with Gasteiger partial charge in [0.15, 0.2) is 5.78 Å². The van der Waals surface area contributed by atoms with E-state index in [1.165, 1.54) is 12.1 Å². The Kier molecular flexibility index (Phi) is 4.47. The first-order valence-corrected chi connectivity index (χ1v) is 6.28. The summed E-state index contributed by atoms with van der Waals surface area (Å²) in [4.78, 5) is 21.7. The number of nitrogens with zero attached hydrogens (tertiary/aromatic N) is 1. The topological polar surface area (TPSA) is 60.2 Å². The van der Waals surface area contributed by atoms with E-state index in [4.69, 9.17) is 11.6 Å². The Morgan fingerprint density at radius 1 is 1.60 bits per heavy atom. The summed E-state index contributed by atoms with van der Waals surface area (Å²) in [7, 11) is 0. The zero-order valence-corrected chi connectivity index (χ0v) is 11.7. The number of carbonyl (C=O) groups is 1. The second kappa shape index (κ2) is 5.22. The minimum Gasteiger partial charge on any atom is -0.293 e. The lowest BCUT2D eigenvalue weighted by atomic mass is 10.1. The van der Waals surface area contributed by atoms with Gasteiger partial charge in [-0.15, -0.1) is 0 Å². The van der Waals surface area contributed by atoms with Crippen molar-refractivity contribution in [3.05, 3.63) is 36.4 Å². The van der Waals surface area contributed by atoms with E-state index in [1.807, 2.05) is 0 Å². The SMILES string of the molecule is O=C(CBr)c1c(Cl)ccc(I)c1[N+](=O)[O-]. The van der Waals surface area contributed by atoms with Crippen LogP contribution in [0.5, 0.6) is 0 Å². The van der Waals surface area contributed by atoms with Crippen LogP contribution in [0.1, 0.15) is 10.4 Å². The molecule has 0 atom stereocenters. The Hall–Kier alpha value is -0.210. The van der Waals surface area contributed by atoms with E-state index in [1.54, 1.807) is 22.6 Å². The van der Waals surface area contributed by atoms with Crippen LogP contribution in [0.3, 0.4) is 0 Å². The molecule has 0 aliphatic rings. The molecular weight excluding hydrogens is 400 g/mol. The van der Waals surface area contributed by atoms with Gasteiger partial charge < -0.3 is 0 Å². The summed E-state index contributed by atoms with van der Waals surface area (Å²) in [5.41, 5.74) is -0.266. The van der Waals surface area contributed by atoms with Crippen LogP contribution < -0.4 is 0 Å². The van der Waals surface area contributed by atoms with Crippen molar-refractivity contribution in [1.29, 1.82) is 0 Å². The van der Waals surface area contributed by atoms with Gasteiger partial charge in [0, 0.05) is 0 Å². The van der Waals surface area contributed by atoms with E-state index in [0.29, 0.717) is 3.57 Å². The molecule has 80 valence electrons. The fourth-order valence-electron chi connectivity index (χ4n) is 1.05. The zero-order valence-electron chi connectivity index (χ0n) is 7.17. The second-order valence-electron chi connectivity index (χ2n) is 2.57. The Morgan fingerprint density at radius 3 is 2.67 bits per heavy atom. The molecule has 0 aliphatic heterocycles. The Bertz CT molecular complexity index is 438. The average molecular weight is 404 g/mol. The number of benzene rings is 1. The maximum atomic E-state index is 11.5. The van der Waals surface area contributed by atoms with Gasteiger partial charge in [0.2, 0.25) is 0 Å². The number of hydrogen-bond donors (Lipinski definition) is 0. The third-order valence-electron chi connectivity index (χ3n) is 1.66. The van der Waals surface area contributed by atoms with E-state index in [0.717, 1.165) is 0 Å². The third-order valence-corrected chi connectivity index (χ3v) is 3.36.